The first-order chi connectivity index (χ1) is 11.3. The van der Waals surface area contributed by atoms with Crippen molar-refractivity contribution in [2.45, 2.75) is 61.3 Å². The molecule has 142 valence electrons. The Morgan fingerprint density at radius 1 is 0.958 bits per heavy atom. The Morgan fingerprint density at radius 3 is 2.12 bits per heavy atom. The summed E-state index contributed by atoms with van der Waals surface area (Å²) >= 11 is 0. The lowest BCUT2D eigenvalue weighted by Gasteiger charge is -2.47. The van der Waals surface area contributed by atoms with E-state index in [0.29, 0.717) is 0 Å². The zero-order chi connectivity index (χ0) is 18.1. The Kier molecular flexibility index (Phi) is 6.47. The Morgan fingerprint density at radius 2 is 1.58 bits per heavy atom. The SMILES string of the molecule is OCC1O[C@H](OC2(CO)CC(O)[C@H](O)C(CO)O2)C(F)C(O)[C@@H]1O. The number of ether oxygens (including phenoxy) is 3. The molecule has 9 atom stereocenters. The molecule has 0 radical (unpaired) electrons. The minimum Gasteiger partial charge on any atom is -0.394 e. The van der Waals surface area contributed by atoms with Crippen molar-refractivity contribution in [2.75, 3.05) is 19.8 Å². The fraction of sp³-hybridized carbons (Fsp3) is 1.00. The van der Waals surface area contributed by atoms with Crippen LogP contribution in [0.15, 0.2) is 0 Å². The molecular weight excluding hydrogens is 335 g/mol. The van der Waals surface area contributed by atoms with Gasteiger partial charge in [-0.2, -0.15) is 0 Å². The lowest BCUT2D eigenvalue weighted by Crippen LogP contribution is -2.63. The Balaban J connectivity index is 2.16. The number of aliphatic hydroxyl groups excluding tert-OH is 7. The minimum absolute atomic E-state index is 0.462. The van der Waals surface area contributed by atoms with Crippen molar-refractivity contribution in [3.05, 3.63) is 0 Å². The van der Waals surface area contributed by atoms with Gasteiger partial charge in [0.1, 0.15) is 30.5 Å². The quantitative estimate of drug-likeness (QED) is 0.257. The minimum atomic E-state index is -2.23. The van der Waals surface area contributed by atoms with Crippen LogP contribution in [0.3, 0.4) is 0 Å². The molecule has 10 nitrogen and oxygen atoms in total. The molecule has 0 aromatic carbocycles. The zero-order valence-electron chi connectivity index (χ0n) is 12.7. The van der Waals surface area contributed by atoms with Crippen LogP contribution in [0.1, 0.15) is 6.42 Å². The largest absolute Gasteiger partial charge is 0.394 e. The van der Waals surface area contributed by atoms with E-state index in [9.17, 15) is 35.0 Å². The number of rotatable bonds is 5. The highest BCUT2D eigenvalue weighted by atomic mass is 19.1. The van der Waals surface area contributed by atoms with Gasteiger partial charge in [0, 0.05) is 6.42 Å². The molecule has 2 rings (SSSR count). The maximum absolute atomic E-state index is 14.2. The lowest BCUT2D eigenvalue weighted by atomic mass is 9.95. The van der Waals surface area contributed by atoms with E-state index in [0.717, 1.165) is 0 Å². The number of alkyl halides is 1. The van der Waals surface area contributed by atoms with Gasteiger partial charge >= 0.3 is 0 Å². The van der Waals surface area contributed by atoms with E-state index in [1.54, 1.807) is 0 Å². The highest BCUT2D eigenvalue weighted by molar-refractivity contribution is 4.93. The van der Waals surface area contributed by atoms with Crippen LogP contribution in [0.5, 0.6) is 0 Å². The molecule has 2 heterocycles. The lowest BCUT2D eigenvalue weighted by molar-refractivity contribution is -0.400. The van der Waals surface area contributed by atoms with E-state index in [4.69, 9.17) is 19.3 Å². The zero-order valence-corrected chi connectivity index (χ0v) is 12.7. The monoisotopic (exact) mass is 358 g/mol. The first-order valence-corrected chi connectivity index (χ1v) is 7.48. The standard InChI is InChI=1S/C13H23FO10/c14-8-11(21)10(20)6(2-15)22-12(8)24-13(4-17)1-5(18)9(19)7(3-16)23-13/h5-12,15-21H,1-4H2/t5?,6?,7?,8?,9-,10+,11?,12+,13?/m0/s1. The van der Waals surface area contributed by atoms with E-state index in [-0.39, 0.29) is 0 Å². The molecule has 2 saturated heterocycles. The number of hydrogen-bond donors (Lipinski definition) is 7. The van der Waals surface area contributed by atoms with Crippen molar-refractivity contribution in [3.8, 4) is 0 Å². The van der Waals surface area contributed by atoms with E-state index < -0.39 is 81.1 Å². The van der Waals surface area contributed by atoms with Gasteiger partial charge in [-0.15, -0.1) is 0 Å². The molecule has 0 spiro atoms. The van der Waals surface area contributed by atoms with Crippen LogP contribution >= 0.6 is 0 Å². The molecule has 7 N–H and O–H groups in total. The van der Waals surface area contributed by atoms with Crippen molar-refractivity contribution >= 4 is 0 Å². The van der Waals surface area contributed by atoms with Crippen molar-refractivity contribution in [3.63, 3.8) is 0 Å². The third-order valence-electron chi connectivity index (χ3n) is 4.22. The summed E-state index contributed by atoms with van der Waals surface area (Å²) in [6, 6.07) is 0. The normalized spacial score (nSPS) is 50.0. The average Bonchev–Trinajstić information content (AvgIpc) is 2.58. The van der Waals surface area contributed by atoms with Gasteiger partial charge in [-0.1, -0.05) is 0 Å². The molecule has 2 fully saturated rings. The van der Waals surface area contributed by atoms with Crippen molar-refractivity contribution in [1.29, 1.82) is 0 Å². The summed E-state index contributed by atoms with van der Waals surface area (Å²) in [6.45, 7) is -2.30. The summed E-state index contributed by atoms with van der Waals surface area (Å²) in [6.07, 6.45) is -13.6. The van der Waals surface area contributed by atoms with Gasteiger partial charge in [0.25, 0.3) is 0 Å². The van der Waals surface area contributed by atoms with Gasteiger partial charge in [0.15, 0.2) is 18.2 Å². The maximum atomic E-state index is 14.2. The van der Waals surface area contributed by atoms with Gasteiger partial charge < -0.3 is 50.0 Å². The van der Waals surface area contributed by atoms with Crippen LogP contribution in [0.25, 0.3) is 0 Å². The average molecular weight is 358 g/mol. The number of halogens is 1. The molecule has 24 heavy (non-hydrogen) atoms. The summed E-state index contributed by atoms with van der Waals surface area (Å²) < 4.78 is 29.7. The molecular formula is C13H23FO10. The van der Waals surface area contributed by atoms with Crippen LogP contribution in [0, 0.1) is 0 Å². The Labute approximate surface area is 136 Å². The molecule has 2 aliphatic rings. The fourth-order valence-electron chi connectivity index (χ4n) is 2.79. The molecule has 0 aliphatic carbocycles. The van der Waals surface area contributed by atoms with Crippen molar-refractivity contribution in [2.24, 2.45) is 0 Å². The van der Waals surface area contributed by atoms with Gasteiger partial charge in [0.2, 0.25) is 0 Å². The van der Waals surface area contributed by atoms with Crippen LogP contribution in [0.2, 0.25) is 0 Å². The second kappa shape index (κ2) is 7.83. The van der Waals surface area contributed by atoms with Gasteiger partial charge in [-0.05, 0) is 0 Å². The molecule has 0 aromatic rings. The smallest absolute Gasteiger partial charge is 0.197 e. The van der Waals surface area contributed by atoms with E-state index in [1.165, 1.54) is 0 Å². The summed E-state index contributed by atoms with van der Waals surface area (Å²) in [4.78, 5) is 0. The highest BCUT2D eigenvalue weighted by Gasteiger charge is 2.52. The van der Waals surface area contributed by atoms with E-state index in [1.807, 2.05) is 0 Å². The first-order valence-electron chi connectivity index (χ1n) is 7.48. The summed E-state index contributed by atoms with van der Waals surface area (Å²) in [7, 11) is 0. The maximum Gasteiger partial charge on any atom is 0.197 e. The molecule has 0 amide bonds. The van der Waals surface area contributed by atoms with E-state index in [2.05, 4.69) is 0 Å². The van der Waals surface area contributed by atoms with Gasteiger partial charge in [-0.25, -0.2) is 4.39 Å². The van der Waals surface area contributed by atoms with Crippen molar-refractivity contribution in [1.82, 2.24) is 0 Å². The third-order valence-corrected chi connectivity index (χ3v) is 4.22. The first kappa shape index (κ1) is 19.8. The molecule has 6 unspecified atom stereocenters. The van der Waals surface area contributed by atoms with Crippen LogP contribution in [-0.4, -0.2) is 110 Å². The predicted molar refractivity (Wildman–Crippen MR) is 72.1 cm³/mol. The topological polar surface area (TPSA) is 169 Å². The molecule has 11 heteroatoms. The van der Waals surface area contributed by atoms with E-state index >= 15 is 0 Å². The summed E-state index contributed by atoms with van der Waals surface area (Å²) in [5, 5.41) is 66.6. The second-order valence-electron chi connectivity index (χ2n) is 5.94. The molecule has 0 saturated carbocycles. The van der Waals surface area contributed by atoms with Crippen molar-refractivity contribution < 1.29 is 54.3 Å². The highest BCUT2D eigenvalue weighted by Crippen LogP contribution is 2.35. The van der Waals surface area contributed by atoms with Gasteiger partial charge in [0.05, 0.1) is 25.9 Å². The number of aliphatic hydroxyl groups is 7. The van der Waals surface area contributed by atoms with Crippen LogP contribution in [-0.2, 0) is 14.2 Å². The summed E-state index contributed by atoms with van der Waals surface area (Å²) in [5.74, 6) is -2.01. The second-order valence-corrected chi connectivity index (χ2v) is 5.94. The summed E-state index contributed by atoms with van der Waals surface area (Å²) in [5.41, 5.74) is 0. The predicted octanol–water partition coefficient (Wildman–Crippen LogP) is -4.03. The Bertz CT molecular complexity index is 412. The molecule has 0 bridgehead atoms. The third kappa shape index (κ3) is 3.70. The van der Waals surface area contributed by atoms with Crippen LogP contribution in [0.4, 0.5) is 4.39 Å². The van der Waals surface area contributed by atoms with Crippen LogP contribution < -0.4 is 0 Å². The molecule has 0 aromatic heterocycles. The van der Waals surface area contributed by atoms with Gasteiger partial charge in [-0.3, -0.25) is 0 Å². The molecule has 2 aliphatic heterocycles. The fourth-order valence-corrected chi connectivity index (χ4v) is 2.79. The number of hydrogen-bond acceptors (Lipinski definition) is 10. The Hall–Kier alpha value is -0.470.